The number of hydrogen-bond acceptors (Lipinski definition) is 3. The molecule has 2 aromatic rings. The number of rotatable bonds is 6. The third-order valence-corrected chi connectivity index (χ3v) is 3.81. The van der Waals surface area contributed by atoms with Gasteiger partial charge in [0.05, 0.1) is 13.0 Å². The number of fused-ring (bicyclic) bond motifs is 1. The molecule has 0 fully saturated rings. The summed E-state index contributed by atoms with van der Waals surface area (Å²) in [5.41, 5.74) is 1.06. The minimum absolute atomic E-state index is 0.0413. The Morgan fingerprint density at radius 1 is 1.08 bits per heavy atom. The van der Waals surface area contributed by atoms with Crippen LogP contribution in [0.25, 0.3) is 10.8 Å². The molecular formula is C19H24N2O3. The highest BCUT2D eigenvalue weighted by Crippen LogP contribution is 2.21. The second-order valence-electron chi connectivity index (χ2n) is 6.07. The van der Waals surface area contributed by atoms with Gasteiger partial charge in [-0.05, 0) is 36.6 Å². The number of urea groups is 1. The number of amides is 2. The quantitative estimate of drug-likeness (QED) is 0.801. The maximum Gasteiger partial charge on any atom is 0.315 e. The largest absolute Gasteiger partial charge is 0.469 e. The smallest absolute Gasteiger partial charge is 0.315 e. The topological polar surface area (TPSA) is 67.4 Å². The summed E-state index contributed by atoms with van der Waals surface area (Å²) in [4.78, 5) is 23.9. The van der Waals surface area contributed by atoms with Crippen LogP contribution in [0, 0.1) is 5.92 Å². The highest BCUT2D eigenvalue weighted by atomic mass is 16.5. The summed E-state index contributed by atoms with van der Waals surface area (Å²) < 4.78 is 4.90. The molecule has 24 heavy (non-hydrogen) atoms. The summed E-state index contributed by atoms with van der Waals surface area (Å²) >= 11 is 0. The van der Waals surface area contributed by atoms with Gasteiger partial charge in [0.15, 0.2) is 0 Å². The molecule has 0 aliphatic heterocycles. The predicted octanol–water partition coefficient (Wildman–Crippen LogP) is 2.88. The Kier molecular flexibility index (Phi) is 6.18. The maximum atomic E-state index is 12.1. The van der Waals surface area contributed by atoms with E-state index in [1.54, 1.807) is 0 Å². The van der Waals surface area contributed by atoms with Gasteiger partial charge in [0.1, 0.15) is 0 Å². The van der Waals surface area contributed by atoms with Crippen LogP contribution in [0.5, 0.6) is 0 Å². The van der Waals surface area contributed by atoms with Crippen molar-refractivity contribution in [3.8, 4) is 0 Å². The molecule has 0 saturated heterocycles. The van der Waals surface area contributed by atoms with Gasteiger partial charge in [-0.1, -0.05) is 42.5 Å². The summed E-state index contributed by atoms with van der Waals surface area (Å²) in [5, 5.41) is 7.73. The van der Waals surface area contributed by atoms with Crippen LogP contribution in [0.1, 0.15) is 19.4 Å². The number of nitrogens with one attached hydrogen (secondary N) is 2. The highest BCUT2D eigenvalue weighted by molar-refractivity contribution is 5.86. The SMILES string of the molecule is COC(=O)[C@@H](CNC(=O)NC(C)C)Cc1cccc2ccccc12. The summed E-state index contributed by atoms with van der Waals surface area (Å²) in [5.74, 6) is -0.758. The van der Waals surface area contributed by atoms with Crippen molar-refractivity contribution in [2.45, 2.75) is 26.3 Å². The summed E-state index contributed by atoms with van der Waals surface area (Å²) in [6.45, 7) is 4.00. The van der Waals surface area contributed by atoms with Crippen LogP contribution in [0.15, 0.2) is 42.5 Å². The molecule has 2 amide bonds. The molecule has 0 radical (unpaired) electrons. The van der Waals surface area contributed by atoms with E-state index in [0.717, 1.165) is 16.3 Å². The van der Waals surface area contributed by atoms with Crippen LogP contribution in [-0.4, -0.2) is 31.7 Å². The number of carbonyl (C=O) groups excluding carboxylic acids is 2. The number of esters is 1. The first-order valence-corrected chi connectivity index (χ1v) is 8.10. The Morgan fingerprint density at radius 2 is 1.79 bits per heavy atom. The lowest BCUT2D eigenvalue weighted by molar-refractivity contribution is -0.145. The van der Waals surface area contributed by atoms with Gasteiger partial charge >= 0.3 is 12.0 Å². The normalized spacial score (nSPS) is 12.0. The Morgan fingerprint density at radius 3 is 2.50 bits per heavy atom. The van der Waals surface area contributed by atoms with Crippen molar-refractivity contribution in [3.05, 3.63) is 48.0 Å². The van der Waals surface area contributed by atoms with Crippen LogP contribution in [0.3, 0.4) is 0 Å². The summed E-state index contributed by atoms with van der Waals surface area (Å²) in [7, 11) is 1.37. The Bertz CT molecular complexity index is 707. The van der Waals surface area contributed by atoms with Gasteiger partial charge in [-0.3, -0.25) is 4.79 Å². The van der Waals surface area contributed by atoms with Crippen LogP contribution in [0.4, 0.5) is 4.79 Å². The van der Waals surface area contributed by atoms with E-state index in [0.29, 0.717) is 6.42 Å². The predicted molar refractivity (Wildman–Crippen MR) is 94.8 cm³/mol. The number of hydrogen-bond donors (Lipinski definition) is 2. The lowest BCUT2D eigenvalue weighted by atomic mass is 9.95. The third kappa shape index (κ3) is 4.72. The zero-order chi connectivity index (χ0) is 17.5. The van der Waals surface area contributed by atoms with E-state index in [9.17, 15) is 9.59 Å². The molecule has 0 aliphatic carbocycles. The van der Waals surface area contributed by atoms with Gasteiger partial charge < -0.3 is 15.4 Å². The molecule has 1 atom stereocenters. The van der Waals surface area contributed by atoms with Crippen molar-refractivity contribution in [3.63, 3.8) is 0 Å². The first-order chi connectivity index (χ1) is 11.5. The molecule has 2 aromatic carbocycles. The Hall–Kier alpha value is -2.56. The van der Waals surface area contributed by atoms with Crippen molar-refractivity contribution in [2.75, 3.05) is 13.7 Å². The Labute approximate surface area is 142 Å². The average Bonchev–Trinajstić information content (AvgIpc) is 2.57. The van der Waals surface area contributed by atoms with E-state index in [2.05, 4.69) is 10.6 Å². The van der Waals surface area contributed by atoms with Crippen molar-refractivity contribution >= 4 is 22.8 Å². The van der Waals surface area contributed by atoms with Gasteiger partial charge in [0, 0.05) is 12.6 Å². The minimum atomic E-state index is -0.432. The van der Waals surface area contributed by atoms with Crippen molar-refractivity contribution in [2.24, 2.45) is 5.92 Å². The number of ether oxygens (including phenoxy) is 1. The van der Waals surface area contributed by atoms with Gasteiger partial charge in [-0.2, -0.15) is 0 Å². The zero-order valence-corrected chi connectivity index (χ0v) is 14.3. The highest BCUT2D eigenvalue weighted by Gasteiger charge is 2.21. The fraction of sp³-hybridized carbons (Fsp3) is 0.368. The van der Waals surface area contributed by atoms with Gasteiger partial charge in [-0.25, -0.2) is 4.79 Å². The third-order valence-electron chi connectivity index (χ3n) is 3.81. The van der Waals surface area contributed by atoms with Crippen LogP contribution in [0.2, 0.25) is 0 Å². The molecule has 0 unspecified atom stereocenters. The fourth-order valence-electron chi connectivity index (χ4n) is 2.67. The van der Waals surface area contributed by atoms with Crippen molar-refractivity contribution in [1.82, 2.24) is 10.6 Å². The molecule has 0 saturated carbocycles. The second kappa shape index (κ2) is 8.34. The van der Waals surface area contributed by atoms with Gasteiger partial charge in [0.25, 0.3) is 0 Å². The summed E-state index contributed by atoms with van der Waals surface area (Å²) in [6, 6.07) is 13.8. The van der Waals surface area contributed by atoms with E-state index in [1.807, 2.05) is 56.3 Å². The van der Waals surface area contributed by atoms with E-state index in [4.69, 9.17) is 4.74 Å². The lowest BCUT2D eigenvalue weighted by Gasteiger charge is -2.17. The monoisotopic (exact) mass is 328 g/mol. The molecule has 2 rings (SSSR count). The molecule has 0 aliphatic rings. The van der Waals surface area contributed by atoms with Crippen LogP contribution < -0.4 is 10.6 Å². The first kappa shape index (κ1) is 17.8. The van der Waals surface area contributed by atoms with E-state index in [-0.39, 0.29) is 24.6 Å². The molecule has 128 valence electrons. The van der Waals surface area contributed by atoms with Crippen LogP contribution in [-0.2, 0) is 16.0 Å². The average molecular weight is 328 g/mol. The van der Waals surface area contributed by atoms with E-state index < -0.39 is 5.92 Å². The number of benzene rings is 2. The van der Waals surface area contributed by atoms with E-state index >= 15 is 0 Å². The lowest BCUT2D eigenvalue weighted by Crippen LogP contribution is -2.43. The van der Waals surface area contributed by atoms with Gasteiger partial charge in [0.2, 0.25) is 0 Å². The maximum absolute atomic E-state index is 12.1. The molecule has 0 bridgehead atoms. The summed E-state index contributed by atoms with van der Waals surface area (Å²) in [6.07, 6.45) is 0.510. The minimum Gasteiger partial charge on any atom is -0.469 e. The standard InChI is InChI=1S/C19H24N2O3/c1-13(2)21-19(23)20-12-16(18(22)24-3)11-15-9-6-8-14-7-4-5-10-17(14)15/h4-10,13,16H,11-12H2,1-3H3,(H2,20,21,23)/t16-/m1/s1. The molecule has 0 aromatic heterocycles. The second-order valence-corrected chi connectivity index (χ2v) is 6.07. The molecule has 5 nitrogen and oxygen atoms in total. The molecular weight excluding hydrogens is 304 g/mol. The van der Waals surface area contributed by atoms with Crippen molar-refractivity contribution in [1.29, 1.82) is 0 Å². The number of carbonyl (C=O) groups is 2. The zero-order valence-electron chi connectivity index (χ0n) is 14.3. The molecule has 0 heterocycles. The first-order valence-electron chi connectivity index (χ1n) is 8.10. The number of methoxy groups -OCH3 is 1. The Balaban J connectivity index is 2.13. The molecule has 0 spiro atoms. The van der Waals surface area contributed by atoms with Gasteiger partial charge in [-0.15, -0.1) is 0 Å². The van der Waals surface area contributed by atoms with Crippen molar-refractivity contribution < 1.29 is 14.3 Å². The fourth-order valence-corrected chi connectivity index (χ4v) is 2.67. The molecule has 5 heteroatoms. The molecule has 2 N–H and O–H groups in total. The van der Waals surface area contributed by atoms with E-state index in [1.165, 1.54) is 7.11 Å². The van der Waals surface area contributed by atoms with Crippen LogP contribution >= 0.6 is 0 Å².